The third-order valence-electron chi connectivity index (χ3n) is 5.21. The molecule has 4 rings (SSSR count). The number of rotatable bonds is 3. The SMILES string of the molecule is CCSc1nc2c(c(=O)[nH]1)[C@H](c1cccc(O)c1)[C@@H]1C(=O)CC(C)(C)C=C1N2. The molecule has 2 aromatic rings. The Morgan fingerprint density at radius 2 is 2.07 bits per heavy atom. The average Bonchev–Trinajstić information content (AvgIpc) is 2.59. The van der Waals surface area contributed by atoms with E-state index >= 15 is 0 Å². The first-order valence-corrected chi connectivity index (χ1v) is 10.4. The van der Waals surface area contributed by atoms with Gasteiger partial charge >= 0.3 is 0 Å². The highest BCUT2D eigenvalue weighted by atomic mass is 32.2. The summed E-state index contributed by atoms with van der Waals surface area (Å²) in [4.78, 5) is 33.6. The van der Waals surface area contributed by atoms with Gasteiger partial charge in [0.2, 0.25) is 0 Å². The number of nitrogens with one attached hydrogen (secondary N) is 2. The summed E-state index contributed by atoms with van der Waals surface area (Å²) in [6.45, 7) is 6.05. The number of hydrogen-bond donors (Lipinski definition) is 3. The molecule has 0 amide bonds. The first kappa shape index (κ1) is 18.8. The number of hydrogen-bond acceptors (Lipinski definition) is 6. The molecule has 1 aromatic carbocycles. The van der Waals surface area contributed by atoms with Crippen LogP contribution >= 0.6 is 11.8 Å². The highest BCUT2D eigenvalue weighted by Crippen LogP contribution is 2.48. The number of fused-ring (bicyclic) bond motifs is 2. The number of thioether (sulfide) groups is 1. The molecule has 0 spiro atoms. The monoisotopic (exact) mass is 397 g/mol. The summed E-state index contributed by atoms with van der Waals surface area (Å²) >= 11 is 1.46. The van der Waals surface area contributed by atoms with E-state index < -0.39 is 11.8 Å². The van der Waals surface area contributed by atoms with Crippen molar-refractivity contribution in [1.82, 2.24) is 9.97 Å². The fourth-order valence-electron chi connectivity index (χ4n) is 4.20. The van der Waals surface area contributed by atoms with Gasteiger partial charge in [-0.1, -0.05) is 50.7 Å². The van der Waals surface area contributed by atoms with Crippen molar-refractivity contribution in [2.45, 2.75) is 38.3 Å². The van der Waals surface area contributed by atoms with Crippen molar-refractivity contribution >= 4 is 23.4 Å². The van der Waals surface area contributed by atoms with Crippen molar-refractivity contribution in [2.24, 2.45) is 11.3 Å². The molecule has 28 heavy (non-hydrogen) atoms. The maximum Gasteiger partial charge on any atom is 0.257 e. The van der Waals surface area contributed by atoms with Gasteiger partial charge in [-0.15, -0.1) is 0 Å². The minimum Gasteiger partial charge on any atom is -0.508 e. The first-order chi connectivity index (χ1) is 13.3. The zero-order chi connectivity index (χ0) is 20.1. The lowest BCUT2D eigenvalue weighted by Gasteiger charge is -2.40. The summed E-state index contributed by atoms with van der Waals surface area (Å²) in [7, 11) is 0. The van der Waals surface area contributed by atoms with Crippen LogP contribution in [0.4, 0.5) is 5.82 Å². The molecule has 0 saturated heterocycles. The van der Waals surface area contributed by atoms with Gasteiger partial charge in [-0.05, 0) is 28.9 Å². The number of aromatic nitrogens is 2. The Morgan fingerprint density at radius 3 is 2.79 bits per heavy atom. The van der Waals surface area contributed by atoms with E-state index in [1.807, 2.05) is 26.8 Å². The van der Waals surface area contributed by atoms with Crippen LogP contribution in [-0.4, -0.2) is 26.6 Å². The molecule has 2 aliphatic rings. The zero-order valence-electron chi connectivity index (χ0n) is 16.1. The molecule has 0 bridgehead atoms. The smallest absolute Gasteiger partial charge is 0.257 e. The number of anilines is 1. The summed E-state index contributed by atoms with van der Waals surface area (Å²) in [5.74, 6) is 0.481. The summed E-state index contributed by atoms with van der Waals surface area (Å²) < 4.78 is 0. The Balaban J connectivity index is 1.97. The van der Waals surface area contributed by atoms with Crippen molar-refractivity contribution in [3.05, 3.63) is 57.5 Å². The van der Waals surface area contributed by atoms with Gasteiger partial charge in [0.15, 0.2) is 5.16 Å². The molecule has 0 radical (unpaired) electrons. The molecule has 1 aromatic heterocycles. The first-order valence-electron chi connectivity index (χ1n) is 9.37. The molecule has 2 heterocycles. The predicted molar refractivity (Wildman–Crippen MR) is 110 cm³/mol. The number of aromatic hydroxyl groups is 1. The molecule has 3 N–H and O–H groups in total. The molecule has 0 saturated carbocycles. The number of nitrogens with zero attached hydrogens (tertiary/aromatic N) is 1. The third kappa shape index (κ3) is 3.24. The largest absolute Gasteiger partial charge is 0.508 e. The van der Waals surface area contributed by atoms with Gasteiger partial charge in [0.05, 0.1) is 11.5 Å². The van der Waals surface area contributed by atoms with E-state index in [0.29, 0.717) is 23.0 Å². The van der Waals surface area contributed by atoms with E-state index in [0.717, 1.165) is 17.0 Å². The standard InChI is InChI=1S/C21H23N3O3S/c1-4-28-20-23-18-17(19(27)24-20)15(11-6-5-7-12(25)8-11)16-13(22-18)9-21(2,3)10-14(16)26/h5-9,15-16,25H,4,10H2,1-3H3,(H2,22,23,24,27)/t15-,16+/m1/s1. The van der Waals surface area contributed by atoms with Gasteiger partial charge in [0.1, 0.15) is 17.4 Å². The normalized spacial score (nSPS) is 22.7. The number of benzene rings is 1. The second kappa shape index (κ2) is 6.81. The summed E-state index contributed by atoms with van der Waals surface area (Å²) in [6.07, 6.45) is 2.48. The number of aromatic amines is 1. The molecule has 6 nitrogen and oxygen atoms in total. The van der Waals surface area contributed by atoms with Gasteiger partial charge < -0.3 is 15.4 Å². The molecule has 1 aliphatic heterocycles. The van der Waals surface area contributed by atoms with Crippen LogP contribution in [0.3, 0.4) is 0 Å². The molecule has 1 aliphatic carbocycles. The van der Waals surface area contributed by atoms with E-state index in [9.17, 15) is 14.7 Å². The lowest BCUT2D eigenvalue weighted by molar-refractivity contribution is -0.124. The van der Waals surface area contributed by atoms with Crippen LogP contribution in [0.2, 0.25) is 0 Å². The number of phenolic OH excluding ortho intramolecular Hbond substituents is 1. The van der Waals surface area contributed by atoms with Crippen molar-refractivity contribution in [3.63, 3.8) is 0 Å². The fourth-order valence-corrected chi connectivity index (χ4v) is 4.80. The lowest BCUT2D eigenvalue weighted by Crippen LogP contribution is -2.41. The quantitative estimate of drug-likeness (QED) is 0.541. The van der Waals surface area contributed by atoms with Gasteiger partial charge in [0, 0.05) is 18.0 Å². The second-order valence-corrected chi connectivity index (χ2v) is 9.23. The summed E-state index contributed by atoms with van der Waals surface area (Å²) in [5, 5.41) is 13.8. The zero-order valence-corrected chi connectivity index (χ0v) is 16.9. The molecule has 146 valence electrons. The van der Waals surface area contributed by atoms with Crippen LogP contribution in [0.1, 0.15) is 44.2 Å². The van der Waals surface area contributed by atoms with E-state index in [1.165, 1.54) is 11.8 Å². The van der Waals surface area contributed by atoms with Gasteiger partial charge in [-0.2, -0.15) is 0 Å². The minimum absolute atomic E-state index is 0.0837. The Labute approximate surface area is 167 Å². The van der Waals surface area contributed by atoms with Crippen LogP contribution in [0.5, 0.6) is 5.75 Å². The number of ketones is 1. The second-order valence-electron chi connectivity index (χ2n) is 7.97. The van der Waals surface area contributed by atoms with Crippen molar-refractivity contribution in [1.29, 1.82) is 0 Å². The fraction of sp³-hybridized carbons (Fsp3) is 0.381. The highest BCUT2D eigenvalue weighted by Gasteiger charge is 2.45. The Kier molecular flexibility index (Phi) is 4.57. The predicted octanol–water partition coefficient (Wildman–Crippen LogP) is 3.64. The van der Waals surface area contributed by atoms with E-state index in [4.69, 9.17) is 0 Å². The lowest BCUT2D eigenvalue weighted by atomic mass is 9.67. The van der Waals surface area contributed by atoms with Crippen LogP contribution in [0.25, 0.3) is 0 Å². The molecule has 2 atom stereocenters. The molecule has 0 fully saturated rings. The number of carbonyl (C=O) groups is 1. The van der Waals surface area contributed by atoms with E-state index in [-0.39, 0.29) is 22.5 Å². The highest BCUT2D eigenvalue weighted by molar-refractivity contribution is 7.99. The summed E-state index contributed by atoms with van der Waals surface area (Å²) in [5.41, 5.74) is 1.45. The maximum absolute atomic E-state index is 13.1. The van der Waals surface area contributed by atoms with E-state index in [2.05, 4.69) is 21.4 Å². The van der Waals surface area contributed by atoms with Crippen molar-refractivity contribution < 1.29 is 9.90 Å². The molecular formula is C21H23N3O3S. The van der Waals surface area contributed by atoms with Crippen molar-refractivity contribution in [3.8, 4) is 5.75 Å². The Morgan fingerprint density at radius 1 is 1.29 bits per heavy atom. The molecule has 7 heteroatoms. The van der Waals surface area contributed by atoms with Gasteiger partial charge in [-0.25, -0.2) is 4.98 Å². The topological polar surface area (TPSA) is 95.1 Å². The van der Waals surface area contributed by atoms with Gasteiger partial charge in [-0.3, -0.25) is 9.59 Å². The Hall–Kier alpha value is -2.54. The number of H-pyrrole nitrogens is 1. The van der Waals surface area contributed by atoms with Crippen LogP contribution < -0.4 is 10.9 Å². The molecule has 0 unspecified atom stereocenters. The van der Waals surface area contributed by atoms with Crippen LogP contribution in [0.15, 0.2) is 46.0 Å². The number of allylic oxidation sites excluding steroid dienone is 2. The Bertz CT molecular complexity index is 1040. The number of Topliss-reactive ketones (excluding diaryl/α,β-unsaturated/α-hetero) is 1. The summed E-state index contributed by atoms with van der Waals surface area (Å²) in [6, 6.07) is 6.78. The van der Waals surface area contributed by atoms with E-state index in [1.54, 1.807) is 18.2 Å². The van der Waals surface area contributed by atoms with Crippen LogP contribution in [0, 0.1) is 11.3 Å². The minimum atomic E-state index is -0.491. The van der Waals surface area contributed by atoms with Crippen molar-refractivity contribution in [2.75, 3.05) is 11.1 Å². The third-order valence-corrected chi connectivity index (χ3v) is 5.96. The van der Waals surface area contributed by atoms with Gasteiger partial charge in [0.25, 0.3) is 5.56 Å². The number of phenols is 1. The molecular weight excluding hydrogens is 374 g/mol. The number of carbonyl (C=O) groups excluding carboxylic acids is 1. The average molecular weight is 398 g/mol. The van der Waals surface area contributed by atoms with Crippen LogP contribution in [-0.2, 0) is 4.79 Å². The maximum atomic E-state index is 13.1.